The molecule has 1 aromatic rings. The van der Waals surface area contributed by atoms with Crippen molar-refractivity contribution >= 4 is 11.8 Å². The summed E-state index contributed by atoms with van der Waals surface area (Å²) in [6, 6.07) is 7.19. The lowest BCUT2D eigenvalue weighted by Crippen LogP contribution is -2.18. The van der Waals surface area contributed by atoms with E-state index in [4.69, 9.17) is 10.5 Å². The molecular weight excluding hydrogens is 168 g/mol. The van der Waals surface area contributed by atoms with Crippen LogP contribution in [0.4, 0.5) is 10.5 Å². The lowest BCUT2D eigenvalue weighted by atomic mass is 10.3. The molecule has 0 aliphatic heterocycles. The van der Waals surface area contributed by atoms with Gasteiger partial charge in [-0.1, -0.05) is 12.1 Å². The van der Waals surface area contributed by atoms with Gasteiger partial charge in [-0.15, -0.1) is 0 Å². The number of rotatable bonds is 2. The zero-order chi connectivity index (χ0) is 9.84. The molecule has 0 aromatic heterocycles. The van der Waals surface area contributed by atoms with Crippen molar-refractivity contribution < 1.29 is 9.53 Å². The molecule has 0 saturated carbocycles. The van der Waals surface area contributed by atoms with E-state index in [1.807, 2.05) is 31.1 Å². The van der Waals surface area contributed by atoms with Gasteiger partial charge in [0.05, 0.1) is 5.69 Å². The average molecular weight is 180 g/mol. The number of nitrogens with two attached hydrogens (primary N) is 1. The third kappa shape index (κ3) is 2.37. The van der Waals surface area contributed by atoms with Gasteiger partial charge in [-0.2, -0.15) is 0 Å². The van der Waals surface area contributed by atoms with Crippen LogP contribution in [0, 0.1) is 0 Å². The maximum atomic E-state index is 10.5. The Morgan fingerprint density at radius 1 is 1.38 bits per heavy atom. The fourth-order valence-corrected chi connectivity index (χ4v) is 1.02. The first-order valence-corrected chi connectivity index (χ1v) is 3.85. The van der Waals surface area contributed by atoms with E-state index >= 15 is 0 Å². The Kier molecular flexibility index (Phi) is 2.74. The summed E-state index contributed by atoms with van der Waals surface area (Å²) in [4.78, 5) is 12.4. The van der Waals surface area contributed by atoms with Crippen molar-refractivity contribution in [1.82, 2.24) is 0 Å². The third-order valence-electron chi connectivity index (χ3n) is 1.56. The number of ether oxygens (including phenoxy) is 1. The van der Waals surface area contributed by atoms with E-state index in [1.165, 1.54) is 0 Å². The van der Waals surface area contributed by atoms with Gasteiger partial charge < -0.3 is 15.4 Å². The minimum Gasteiger partial charge on any atom is -0.408 e. The standard InChI is InChI=1S/C9H12N2O2/c1-11(2)7-5-3-4-6-8(7)13-9(10)12/h3-6H,1-2H3,(H2,10,12). The number of carbonyl (C=O) groups is 1. The average Bonchev–Trinajstić information content (AvgIpc) is 2.03. The van der Waals surface area contributed by atoms with Gasteiger partial charge in [0, 0.05) is 14.1 Å². The molecule has 0 aliphatic rings. The first-order valence-electron chi connectivity index (χ1n) is 3.85. The smallest absolute Gasteiger partial charge is 0.408 e. The van der Waals surface area contributed by atoms with Gasteiger partial charge in [0.25, 0.3) is 0 Å². The van der Waals surface area contributed by atoms with Crippen LogP contribution in [0.25, 0.3) is 0 Å². The fraction of sp³-hybridized carbons (Fsp3) is 0.222. The molecule has 4 heteroatoms. The molecule has 0 spiro atoms. The minimum atomic E-state index is -0.797. The second kappa shape index (κ2) is 3.80. The molecule has 1 rings (SSSR count). The van der Waals surface area contributed by atoms with Crippen molar-refractivity contribution in [2.45, 2.75) is 0 Å². The summed E-state index contributed by atoms with van der Waals surface area (Å²) < 4.78 is 4.80. The number of amides is 1. The number of hydrogen-bond donors (Lipinski definition) is 1. The molecule has 0 radical (unpaired) electrons. The second-order valence-corrected chi connectivity index (χ2v) is 2.78. The Morgan fingerprint density at radius 3 is 2.54 bits per heavy atom. The van der Waals surface area contributed by atoms with E-state index in [1.54, 1.807) is 12.1 Å². The number of anilines is 1. The maximum Gasteiger partial charge on any atom is 0.410 e. The summed E-state index contributed by atoms with van der Waals surface area (Å²) >= 11 is 0. The van der Waals surface area contributed by atoms with Crippen molar-refractivity contribution in [3.05, 3.63) is 24.3 Å². The minimum absolute atomic E-state index is 0.472. The van der Waals surface area contributed by atoms with Gasteiger partial charge in [0.1, 0.15) is 0 Å². The molecule has 0 saturated heterocycles. The molecule has 0 heterocycles. The van der Waals surface area contributed by atoms with Crippen LogP contribution in [0.3, 0.4) is 0 Å². The summed E-state index contributed by atoms with van der Waals surface area (Å²) in [6.07, 6.45) is -0.797. The monoisotopic (exact) mass is 180 g/mol. The molecule has 0 atom stereocenters. The molecule has 0 aliphatic carbocycles. The van der Waals surface area contributed by atoms with Crippen LogP contribution in [0.1, 0.15) is 0 Å². The molecule has 1 amide bonds. The van der Waals surface area contributed by atoms with Gasteiger partial charge in [0.2, 0.25) is 0 Å². The summed E-state index contributed by atoms with van der Waals surface area (Å²) in [5.74, 6) is 0.472. The summed E-state index contributed by atoms with van der Waals surface area (Å²) in [7, 11) is 3.73. The van der Waals surface area contributed by atoms with E-state index in [9.17, 15) is 4.79 Å². The van der Waals surface area contributed by atoms with E-state index in [0.29, 0.717) is 5.75 Å². The highest BCUT2D eigenvalue weighted by Crippen LogP contribution is 2.25. The highest BCUT2D eigenvalue weighted by atomic mass is 16.5. The number of primary amides is 1. The van der Waals surface area contributed by atoms with Crippen LogP contribution in [0.2, 0.25) is 0 Å². The first-order chi connectivity index (χ1) is 6.11. The number of benzene rings is 1. The molecule has 1 aromatic carbocycles. The number of para-hydroxylation sites is 2. The second-order valence-electron chi connectivity index (χ2n) is 2.78. The highest BCUT2D eigenvalue weighted by Gasteiger charge is 2.06. The number of hydrogen-bond acceptors (Lipinski definition) is 3. The van der Waals surface area contributed by atoms with Crippen molar-refractivity contribution in [3.63, 3.8) is 0 Å². The SMILES string of the molecule is CN(C)c1ccccc1OC(N)=O. The Balaban J connectivity index is 2.97. The lowest BCUT2D eigenvalue weighted by Gasteiger charge is -2.15. The Labute approximate surface area is 76.9 Å². The quantitative estimate of drug-likeness (QED) is 0.744. The molecule has 0 bridgehead atoms. The molecule has 0 unspecified atom stereocenters. The molecule has 2 N–H and O–H groups in total. The predicted molar refractivity (Wildman–Crippen MR) is 51.0 cm³/mol. The van der Waals surface area contributed by atoms with Crippen LogP contribution in [0.5, 0.6) is 5.75 Å². The van der Waals surface area contributed by atoms with Gasteiger partial charge in [-0.25, -0.2) is 4.79 Å². The normalized spacial score (nSPS) is 9.38. The van der Waals surface area contributed by atoms with Crippen LogP contribution >= 0.6 is 0 Å². The maximum absolute atomic E-state index is 10.5. The molecule has 70 valence electrons. The molecular formula is C9H12N2O2. The van der Waals surface area contributed by atoms with Crippen LogP contribution in [0.15, 0.2) is 24.3 Å². The first kappa shape index (κ1) is 9.38. The van der Waals surface area contributed by atoms with Crippen LogP contribution < -0.4 is 15.4 Å². The largest absolute Gasteiger partial charge is 0.410 e. The topological polar surface area (TPSA) is 55.6 Å². The summed E-state index contributed by atoms with van der Waals surface area (Å²) in [6.45, 7) is 0. The van der Waals surface area contributed by atoms with Crippen molar-refractivity contribution in [3.8, 4) is 5.75 Å². The van der Waals surface area contributed by atoms with E-state index in [2.05, 4.69) is 0 Å². The Hall–Kier alpha value is -1.71. The Bertz CT molecular complexity index is 310. The van der Waals surface area contributed by atoms with E-state index < -0.39 is 6.09 Å². The van der Waals surface area contributed by atoms with Gasteiger partial charge in [-0.05, 0) is 12.1 Å². The van der Waals surface area contributed by atoms with Crippen LogP contribution in [-0.2, 0) is 0 Å². The van der Waals surface area contributed by atoms with Gasteiger partial charge in [0.15, 0.2) is 5.75 Å². The van der Waals surface area contributed by atoms with Crippen molar-refractivity contribution in [2.24, 2.45) is 5.73 Å². The van der Waals surface area contributed by atoms with Gasteiger partial charge in [-0.3, -0.25) is 0 Å². The zero-order valence-corrected chi connectivity index (χ0v) is 7.65. The predicted octanol–water partition coefficient (Wildman–Crippen LogP) is 1.21. The van der Waals surface area contributed by atoms with E-state index in [0.717, 1.165) is 5.69 Å². The Morgan fingerprint density at radius 2 is 2.00 bits per heavy atom. The third-order valence-corrected chi connectivity index (χ3v) is 1.56. The molecule has 13 heavy (non-hydrogen) atoms. The fourth-order valence-electron chi connectivity index (χ4n) is 1.02. The highest BCUT2D eigenvalue weighted by molar-refractivity contribution is 5.71. The number of carbonyl (C=O) groups excluding carboxylic acids is 1. The van der Waals surface area contributed by atoms with E-state index in [-0.39, 0.29) is 0 Å². The van der Waals surface area contributed by atoms with Gasteiger partial charge >= 0.3 is 6.09 Å². The molecule has 0 fully saturated rings. The molecule has 4 nitrogen and oxygen atoms in total. The van der Waals surface area contributed by atoms with Crippen molar-refractivity contribution in [2.75, 3.05) is 19.0 Å². The van der Waals surface area contributed by atoms with Crippen LogP contribution in [-0.4, -0.2) is 20.2 Å². The summed E-state index contributed by atoms with van der Waals surface area (Å²) in [5.41, 5.74) is 5.73. The lowest BCUT2D eigenvalue weighted by molar-refractivity contribution is 0.211. The zero-order valence-electron chi connectivity index (χ0n) is 7.65. The van der Waals surface area contributed by atoms with Crippen molar-refractivity contribution in [1.29, 1.82) is 0 Å². The number of nitrogens with zero attached hydrogens (tertiary/aromatic N) is 1. The summed E-state index contributed by atoms with van der Waals surface area (Å²) in [5, 5.41) is 0.